The Bertz CT molecular complexity index is 1610. The molecule has 13 heteroatoms. The SMILES string of the molecule is CCn1nnc2c(N3CCOCC3)nc(-c3ccc(NC(=O)Nc4ccc(C(=O)N5CCNC(C)(C)C5)cc4)cc3)nc21. The molecule has 13 nitrogen and oxygen atoms in total. The molecule has 0 saturated carbocycles. The van der Waals surface area contributed by atoms with Crippen LogP contribution in [0.25, 0.3) is 22.6 Å². The molecule has 224 valence electrons. The number of fused-ring (bicyclic) bond motifs is 1. The quantitative estimate of drug-likeness (QED) is 0.311. The van der Waals surface area contributed by atoms with Crippen molar-refractivity contribution < 1.29 is 14.3 Å². The van der Waals surface area contributed by atoms with Crippen LogP contribution in [0.4, 0.5) is 22.0 Å². The summed E-state index contributed by atoms with van der Waals surface area (Å²) < 4.78 is 7.28. The lowest BCUT2D eigenvalue weighted by molar-refractivity contribution is 0.0652. The van der Waals surface area contributed by atoms with Gasteiger partial charge in [-0.05, 0) is 69.3 Å². The lowest BCUT2D eigenvalue weighted by Crippen LogP contribution is -2.58. The molecular formula is C30H36N10O3. The van der Waals surface area contributed by atoms with Crippen LogP contribution in [-0.4, -0.2) is 93.3 Å². The number of ether oxygens (including phenoxy) is 1. The summed E-state index contributed by atoms with van der Waals surface area (Å²) in [7, 11) is 0. The molecule has 2 saturated heterocycles. The summed E-state index contributed by atoms with van der Waals surface area (Å²) in [6.07, 6.45) is 0. The van der Waals surface area contributed by atoms with E-state index in [1.165, 1.54) is 0 Å². The molecule has 2 aromatic heterocycles. The molecule has 0 bridgehead atoms. The number of rotatable bonds is 6. The Labute approximate surface area is 249 Å². The van der Waals surface area contributed by atoms with Gasteiger partial charge in [-0.2, -0.15) is 0 Å². The highest BCUT2D eigenvalue weighted by atomic mass is 16.5. The molecule has 0 unspecified atom stereocenters. The number of benzene rings is 2. The molecule has 0 atom stereocenters. The summed E-state index contributed by atoms with van der Waals surface area (Å²) in [6, 6.07) is 13.9. The van der Waals surface area contributed by atoms with Crippen LogP contribution in [0.5, 0.6) is 0 Å². The average molecular weight is 585 g/mol. The maximum Gasteiger partial charge on any atom is 0.323 e. The zero-order chi connectivity index (χ0) is 30.0. The summed E-state index contributed by atoms with van der Waals surface area (Å²) in [4.78, 5) is 39.3. The van der Waals surface area contributed by atoms with E-state index >= 15 is 0 Å². The van der Waals surface area contributed by atoms with E-state index in [0.717, 1.165) is 31.0 Å². The normalized spacial score (nSPS) is 16.7. The fraction of sp³-hybridized carbons (Fsp3) is 0.400. The Morgan fingerprint density at radius 2 is 1.63 bits per heavy atom. The average Bonchev–Trinajstić information content (AvgIpc) is 3.44. The molecule has 2 aliphatic heterocycles. The number of hydrogen-bond donors (Lipinski definition) is 3. The third-order valence-electron chi connectivity index (χ3n) is 7.60. The minimum Gasteiger partial charge on any atom is -0.378 e. The zero-order valence-electron chi connectivity index (χ0n) is 24.6. The van der Waals surface area contributed by atoms with E-state index in [4.69, 9.17) is 14.7 Å². The highest BCUT2D eigenvalue weighted by Gasteiger charge is 2.29. The molecule has 3 N–H and O–H groups in total. The van der Waals surface area contributed by atoms with Crippen LogP contribution >= 0.6 is 0 Å². The second-order valence-corrected chi connectivity index (χ2v) is 11.3. The van der Waals surface area contributed by atoms with Gasteiger partial charge in [-0.25, -0.2) is 19.4 Å². The monoisotopic (exact) mass is 584 g/mol. The van der Waals surface area contributed by atoms with E-state index in [9.17, 15) is 9.59 Å². The Kier molecular flexibility index (Phi) is 7.91. The number of aromatic nitrogens is 5. The maximum absolute atomic E-state index is 12.9. The number of carbonyl (C=O) groups is 2. The third-order valence-corrected chi connectivity index (χ3v) is 7.60. The van der Waals surface area contributed by atoms with E-state index in [0.29, 0.717) is 66.8 Å². The van der Waals surface area contributed by atoms with Crippen LogP contribution in [0.1, 0.15) is 31.1 Å². The lowest BCUT2D eigenvalue weighted by Gasteiger charge is -2.39. The molecule has 4 aromatic rings. The lowest BCUT2D eigenvalue weighted by atomic mass is 10.0. The number of aryl methyl sites for hydroxylation is 1. The molecule has 0 aliphatic carbocycles. The summed E-state index contributed by atoms with van der Waals surface area (Å²) >= 11 is 0. The van der Waals surface area contributed by atoms with Crippen LogP contribution in [0.15, 0.2) is 48.5 Å². The maximum atomic E-state index is 12.9. The predicted molar refractivity (Wildman–Crippen MR) is 164 cm³/mol. The molecule has 4 heterocycles. The molecule has 43 heavy (non-hydrogen) atoms. The van der Waals surface area contributed by atoms with Gasteiger partial charge in [-0.15, -0.1) is 5.10 Å². The van der Waals surface area contributed by atoms with Gasteiger partial charge in [0, 0.05) is 67.3 Å². The van der Waals surface area contributed by atoms with Crippen LogP contribution in [-0.2, 0) is 11.3 Å². The molecule has 0 radical (unpaired) electrons. The number of amides is 3. The van der Waals surface area contributed by atoms with Gasteiger partial charge in [0.2, 0.25) is 0 Å². The van der Waals surface area contributed by atoms with Crippen molar-refractivity contribution >= 4 is 40.3 Å². The number of nitrogens with zero attached hydrogens (tertiary/aromatic N) is 7. The fourth-order valence-electron chi connectivity index (χ4n) is 5.37. The number of hydrogen-bond acceptors (Lipinski definition) is 9. The molecule has 2 aromatic carbocycles. The van der Waals surface area contributed by atoms with Gasteiger partial charge in [-0.1, -0.05) is 5.21 Å². The highest BCUT2D eigenvalue weighted by Crippen LogP contribution is 2.27. The minimum absolute atomic E-state index is 0.0127. The molecular weight excluding hydrogens is 548 g/mol. The van der Waals surface area contributed by atoms with Crippen LogP contribution in [0.2, 0.25) is 0 Å². The Morgan fingerprint density at radius 3 is 2.28 bits per heavy atom. The van der Waals surface area contributed by atoms with Gasteiger partial charge in [0.15, 0.2) is 22.8 Å². The van der Waals surface area contributed by atoms with Crippen molar-refractivity contribution in [3.05, 3.63) is 54.1 Å². The van der Waals surface area contributed by atoms with Gasteiger partial charge >= 0.3 is 6.03 Å². The number of anilines is 3. The summed E-state index contributed by atoms with van der Waals surface area (Å²) in [5.41, 5.74) is 3.84. The van der Waals surface area contributed by atoms with Crippen molar-refractivity contribution in [3.63, 3.8) is 0 Å². The number of morpholine rings is 1. The molecule has 2 aliphatic rings. The zero-order valence-corrected chi connectivity index (χ0v) is 24.6. The Balaban J connectivity index is 1.12. The van der Waals surface area contributed by atoms with Gasteiger partial charge in [0.25, 0.3) is 5.91 Å². The van der Waals surface area contributed by atoms with Crippen molar-refractivity contribution in [3.8, 4) is 11.4 Å². The van der Waals surface area contributed by atoms with Crippen molar-refractivity contribution in [2.24, 2.45) is 0 Å². The summed E-state index contributed by atoms with van der Waals surface area (Å²) in [5.74, 6) is 1.29. The number of urea groups is 1. The van der Waals surface area contributed by atoms with Crippen molar-refractivity contribution in [1.29, 1.82) is 0 Å². The fourth-order valence-corrected chi connectivity index (χ4v) is 5.37. The first-order chi connectivity index (χ1) is 20.8. The van der Waals surface area contributed by atoms with Gasteiger partial charge < -0.3 is 30.5 Å². The Hall–Kier alpha value is -4.62. The van der Waals surface area contributed by atoms with E-state index < -0.39 is 0 Å². The van der Waals surface area contributed by atoms with E-state index in [1.807, 2.05) is 36.1 Å². The van der Waals surface area contributed by atoms with Crippen molar-refractivity contribution in [2.45, 2.75) is 32.9 Å². The number of carbonyl (C=O) groups excluding carboxylic acids is 2. The van der Waals surface area contributed by atoms with E-state index in [1.54, 1.807) is 28.9 Å². The standard InChI is InChI=1S/C30H36N10O3/c1-4-40-27-24(36-37-40)26(38-15-17-43-18-16-38)34-25(35-27)20-5-9-22(10-6-20)32-29(42)33-23-11-7-21(8-12-23)28(41)39-14-13-31-30(2,3)19-39/h5-12,31H,4,13-19H2,1-3H3,(H2,32,33,42). The van der Waals surface area contributed by atoms with Gasteiger partial charge in [-0.3, -0.25) is 4.79 Å². The third kappa shape index (κ3) is 6.27. The van der Waals surface area contributed by atoms with Gasteiger partial charge in [0.05, 0.1) is 13.2 Å². The smallest absolute Gasteiger partial charge is 0.323 e. The summed E-state index contributed by atoms with van der Waals surface area (Å²) in [6.45, 7) is 11.6. The molecule has 3 amide bonds. The first-order valence-corrected chi connectivity index (χ1v) is 14.6. The van der Waals surface area contributed by atoms with Crippen LogP contribution in [0.3, 0.4) is 0 Å². The first-order valence-electron chi connectivity index (χ1n) is 14.6. The predicted octanol–water partition coefficient (Wildman–Crippen LogP) is 3.21. The first kappa shape index (κ1) is 28.5. The highest BCUT2D eigenvalue weighted by molar-refractivity contribution is 6.00. The van der Waals surface area contributed by atoms with Gasteiger partial charge in [0.1, 0.15) is 0 Å². The van der Waals surface area contributed by atoms with Crippen LogP contribution in [0, 0.1) is 0 Å². The minimum atomic E-state index is -0.388. The largest absolute Gasteiger partial charge is 0.378 e. The van der Waals surface area contributed by atoms with Crippen molar-refractivity contribution in [1.82, 2.24) is 35.2 Å². The van der Waals surface area contributed by atoms with Crippen molar-refractivity contribution in [2.75, 3.05) is 61.5 Å². The summed E-state index contributed by atoms with van der Waals surface area (Å²) in [5, 5.41) is 17.7. The van der Waals surface area contributed by atoms with E-state index in [-0.39, 0.29) is 17.5 Å². The second-order valence-electron chi connectivity index (χ2n) is 11.3. The number of nitrogens with one attached hydrogen (secondary N) is 3. The molecule has 0 spiro atoms. The van der Waals surface area contributed by atoms with E-state index in [2.05, 4.69) is 45.0 Å². The molecule has 2 fully saturated rings. The Morgan fingerprint density at radius 1 is 0.953 bits per heavy atom. The van der Waals surface area contributed by atoms with Crippen LogP contribution < -0.4 is 20.9 Å². The second kappa shape index (κ2) is 11.9. The molecule has 6 rings (SSSR count). The number of piperazine rings is 1. The topological polar surface area (TPSA) is 142 Å².